The molecule has 7 heteroatoms. The monoisotopic (exact) mass is 323 g/mol. The summed E-state index contributed by atoms with van der Waals surface area (Å²) in [6.07, 6.45) is 0.778. The number of nitrogens with zero attached hydrogens (tertiary/aromatic N) is 3. The van der Waals surface area contributed by atoms with E-state index in [0.29, 0.717) is 12.4 Å². The van der Waals surface area contributed by atoms with Crippen molar-refractivity contribution < 1.29 is 16.3 Å². The molecule has 0 radical (unpaired) electrons. The molecule has 5 nitrogen and oxygen atoms in total. The van der Waals surface area contributed by atoms with Gasteiger partial charge in [0.25, 0.3) is 0 Å². The molecule has 1 atom stereocenters. The summed E-state index contributed by atoms with van der Waals surface area (Å²) >= 11 is 0. The third-order valence-electron chi connectivity index (χ3n) is 3.98. The minimum absolute atomic E-state index is 0.187. The van der Waals surface area contributed by atoms with E-state index in [2.05, 4.69) is 4.98 Å². The summed E-state index contributed by atoms with van der Waals surface area (Å²) in [5, 5.41) is 0. The van der Waals surface area contributed by atoms with Gasteiger partial charge in [-0.3, -0.25) is 4.57 Å². The first-order valence-corrected chi connectivity index (χ1v) is 7.19. The highest BCUT2D eigenvalue weighted by Gasteiger charge is 2.22. The van der Waals surface area contributed by atoms with Gasteiger partial charge in [0.1, 0.15) is 12.4 Å². The summed E-state index contributed by atoms with van der Waals surface area (Å²) in [5.41, 5.74) is -1.18. The molecule has 0 fully saturated rings. The molecule has 1 aliphatic heterocycles. The molecule has 0 spiro atoms. The van der Waals surface area contributed by atoms with Crippen molar-refractivity contribution in [1.82, 2.24) is 9.55 Å². The van der Waals surface area contributed by atoms with Crippen molar-refractivity contribution in [2.24, 2.45) is 0 Å². The van der Waals surface area contributed by atoms with Crippen LogP contribution in [-0.2, 0) is 13.1 Å². The Morgan fingerprint density at radius 2 is 2.26 bits per heavy atom. The predicted octanol–water partition coefficient (Wildman–Crippen LogP) is 2.33. The lowest BCUT2D eigenvalue weighted by molar-refractivity contribution is 0.282. The molecule has 0 amide bonds. The molecule has 122 valence electrons. The van der Waals surface area contributed by atoms with Gasteiger partial charge in [-0.05, 0) is 19.4 Å². The van der Waals surface area contributed by atoms with Gasteiger partial charge in [-0.2, -0.15) is 4.98 Å². The zero-order chi connectivity index (χ0) is 18.4. The van der Waals surface area contributed by atoms with Crippen molar-refractivity contribution in [3.63, 3.8) is 0 Å². The molecule has 3 rings (SSSR count). The van der Waals surface area contributed by atoms with Gasteiger partial charge in [-0.1, -0.05) is 12.1 Å². The predicted molar refractivity (Wildman–Crippen MR) is 81.7 cm³/mol. The Morgan fingerprint density at radius 3 is 3.04 bits per heavy atom. The summed E-state index contributed by atoms with van der Waals surface area (Å²) in [4.78, 5) is 17.7. The van der Waals surface area contributed by atoms with Crippen LogP contribution in [0.25, 0.3) is 0 Å². The number of halogens is 2. The van der Waals surface area contributed by atoms with Crippen LogP contribution in [0.4, 0.5) is 14.6 Å². The highest BCUT2D eigenvalue weighted by molar-refractivity contribution is 5.43. The molecule has 0 aliphatic carbocycles. The maximum atomic E-state index is 13.9. The van der Waals surface area contributed by atoms with Crippen molar-refractivity contribution in [2.45, 2.75) is 32.5 Å². The number of hydrogen-bond acceptors (Lipinski definition) is 4. The fourth-order valence-corrected chi connectivity index (χ4v) is 2.45. The minimum Gasteiger partial charge on any atom is -0.472 e. The molecule has 1 aromatic carbocycles. The van der Waals surface area contributed by atoms with E-state index in [1.54, 1.807) is 7.05 Å². The zero-order valence-electron chi connectivity index (χ0n) is 14.7. The quantitative estimate of drug-likeness (QED) is 0.870. The SMILES string of the molecule is [2H]C([2H])(Oc1cc2n(c(=O)n1)CCC(C)N2C)c1cccc(F)c1F. The second-order valence-corrected chi connectivity index (χ2v) is 5.44. The average Bonchev–Trinajstić information content (AvgIpc) is 2.53. The molecule has 1 aromatic heterocycles. The van der Waals surface area contributed by atoms with Crippen molar-refractivity contribution in [3.05, 3.63) is 51.9 Å². The van der Waals surface area contributed by atoms with Crippen LogP contribution in [0.2, 0.25) is 0 Å². The van der Waals surface area contributed by atoms with Crippen LogP contribution in [0.15, 0.2) is 29.1 Å². The zero-order valence-corrected chi connectivity index (χ0v) is 12.7. The Kier molecular flexibility index (Phi) is 3.39. The number of anilines is 1. The molecular weight excluding hydrogens is 304 g/mol. The van der Waals surface area contributed by atoms with E-state index in [4.69, 9.17) is 7.48 Å². The van der Waals surface area contributed by atoms with Crippen molar-refractivity contribution in [1.29, 1.82) is 0 Å². The second kappa shape index (κ2) is 5.98. The van der Waals surface area contributed by atoms with Crippen LogP contribution in [0, 0.1) is 11.6 Å². The van der Waals surface area contributed by atoms with Crippen molar-refractivity contribution in [2.75, 3.05) is 11.9 Å². The Hall–Kier alpha value is -2.44. The van der Waals surface area contributed by atoms with E-state index in [-0.39, 0.29) is 11.9 Å². The minimum atomic E-state index is -2.69. The number of fused-ring (bicyclic) bond motifs is 1. The number of hydrogen-bond donors (Lipinski definition) is 0. The van der Waals surface area contributed by atoms with Gasteiger partial charge >= 0.3 is 5.69 Å². The van der Waals surface area contributed by atoms with Gasteiger partial charge in [0.2, 0.25) is 5.88 Å². The molecule has 0 saturated carbocycles. The molecular formula is C16H17F2N3O2. The highest BCUT2D eigenvalue weighted by atomic mass is 19.2. The molecule has 0 bridgehead atoms. The third kappa shape index (κ3) is 2.91. The molecule has 0 saturated heterocycles. The summed E-state index contributed by atoms with van der Waals surface area (Å²) in [7, 11) is 1.81. The van der Waals surface area contributed by atoms with Crippen LogP contribution in [0.5, 0.6) is 5.88 Å². The molecule has 1 unspecified atom stereocenters. The van der Waals surface area contributed by atoms with Crippen LogP contribution in [-0.4, -0.2) is 22.6 Å². The summed E-state index contributed by atoms with van der Waals surface area (Å²) in [6.45, 7) is -0.196. The number of ether oxygens (including phenoxy) is 1. The van der Waals surface area contributed by atoms with E-state index in [1.807, 2.05) is 11.8 Å². The van der Waals surface area contributed by atoms with Crippen LogP contribution in [0.1, 0.15) is 21.6 Å². The molecule has 2 heterocycles. The van der Waals surface area contributed by atoms with Gasteiger partial charge in [0.15, 0.2) is 11.6 Å². The van der Waals surface area contributed by atoms with E-state index < -0.39 is 29.4 Å². The summed E-state index contributed by atoms with van der Waals surface area (Å²) in [5.74, 6) is -2.28. The van der Waals surface area contributed by atoms with E-state index >= 15 is 0 Å². The van der Waals surface area contributed by atoms with Gasteiger partial charge in [-0.25, -0.2) is 13.6 Å². The van der Waals surface area contributed by atoms with Gasteiger partial charge in [0.05, 0.1) is 2.74 Å². The normalized spacial score (nSPS) is 19.0. The largest absolute Gasteiger partial charge is 0.472 e. The van der Waals surface area contributed by atoms with Crippen molar-refractivity contribution >= 4 is 5.82 Å². The Morgan fingerprint density at radius 1 is 1.48 bits per heavy atom. The van der Waals surface area contributed by atoms with Crippen LogP contribution >= 0.6 is 0 Å². The van der Waals surface area contributed by atoms with Crippen molar-refractivity contribution in [3.8, 4) is 5.88 Å². The van der Waals surface area contributed by atoms with Crippen LogP contribution in [0.3, 0.4) is 0 Å². The van der Waals surface area contributed by atoms with E-state index in [1.165, 1.54) is 16.7 Å². The van der Waals surface area contributed by atoms with E-state index in [0.717, 1.165) is 18.6 Å². The smallest absolute Gasteiger partial charge is 0.352 e. The van der Waals surface area contributed by atoms with Gasteiger partial charge < -0.3 is 9.64 Å². The fraction of sp³-hybridized carbons (Fsp3) is 0.375. The highest BCUT2D eigenvalue weighted by Crippen LogP contribution is 2.24. The molecule has 0 N–H and O–H groups in total. The number of aromatic nitrogens is 2. The van der Waals surface area contributed by atoms with E-state index in [9.17, 15) is 13.6 Å². The third-order valence-corrected chi connectivity index (χ3v) is 3.98. The fourth-order valence-electron chi connectivity index (χ4n) is 2.45. The first-order valence-electron chi connectivity index (χ1n) is 8.19. The summed E-state index contributed by atoms with van der Waals surface area (Å²) < 4.78 is 49.7. The topological polar surface area (TPSA) is 47.4 Å². The Bertz CT molecular complexity index is 873. The molecule has 1 aliphatic rings. The maximum Gasteiger partial charge on any atom is 0.352 e. The van der Waals surface area contributed by atoms with Gasteiger partial charge in [0, 0.05) is 31.3 Å². The number of benzene rings is 1. The Balaban J connectivity index is 1.99. The van der Waals surface area contributed by atoms with Crippen LogP contribution < -0.4 is 15.3 Å². The number of rotatable bonds is 3. The Labute approximate surface area is 134 Å². The lowest BCUT2D eigenvalue weighted by Crippen LogP contribution is -2.41. The maximum absolute atomic E-state index is 13.9. The second-order valence-electron chi connectivity index (χ2n) is 5.44. The lowest BCUT2D eigenvalue weighted by Gasteiger charge is -2.34. The first kappa shape index (κ1) is 13.0. The van der Waals surface area contributed by atoms with Gasteiger partial charge in [-0.15, -0.1) is 0 Å². The molecule has 2 aromatic rings. The summed E-state index contributed by atoms with van der Waals surface area (Å²) in [6, 6.07) is 4.75. The lowest BCUT2D eigenvalue weighted by atomic mass is 10.1. The first-order chi connectivity index (χ1) is 11.7. The average molecular weight is 323 g/mol. The standard InChI is InChI=1S/C16H17F2N3O2/c1-10-6-7-21-14(20(10)2)8-13(19-16(21)22)23-9-11-4-3-5-12(17)15(11)18/h3-5,8,10H,6-7,9H2,1-2H3/i9D2. The molecule has 23 heavy (non-hydrogen) atoms.